The van der Waals surface area contributed by atoms with Gasteiger partial charge >= 0.3 is 12.2 Å². The molecule has 31 heavy (non-hydrogen) atoms. The first-order valence-electron chi connectivity index (χ1n) is 9.65. The molecule has 8 nitrogen and oxygen atoms in total. The molecule has 0 fully saturated rings. The largest absolute Gasteiger partial charge is 0.450 e. The summed E-state index contributed by atoms with van der Waals surface area (Å²) in [4.78, 5) is 22.9. The zero-order valence-corrected chi connectivity index (χ0v) is 18.7. The molecule has 2 aromatic carbocycles. The standard InChI is InChI=1S/C21H22N4O4S2/c1-3-28-20(26)24-18(30)22-14-5-7-16-12(10-14)9-13-11-15(6-8-17(13)16)23-19(31)25-21(27)29-4-2/h5-8,10-11H,3-4,9H2,1-2H3,(H2,22,24,26,30)(H2,23,25,27,31). The molecular formula is C21H22N4O4S2. The lowest BCUT2D eigenvalue weighted by Gasteiger charge is -2.11. The van der Waals surface area contributed by atoms with Gasteiger partial charge in [0.1, 0.15) is 0 Å². The number of nitrogens with one attached hydrogen (secondary N) is 4. The van der Waals surface area contributed by atoms with Crippen LogP contribution in [0.15, 0.2) is 36.4 Å². The molecule has 0 saturated carbocycles. The number of hydrogen-bond donors (Lipinski definition) is 4. The topological polar surface area (TPSA) is 101 Å². The fraction of sp³-hybridized carbons (Fsp3) is 0.238. The molecule has 0 aliphatic heterocycles. The highest BCUT2D eigenvalue weighted by Gasteiger charge is 2.19. The number of thiocarbonyl (C=S) groups is 2. The molecule has 0 radical (unpaired) electrons. The Kier molecular flexibility index (Phi) is 7.37. The third-order valence-corrected chi connectivity index (χ3v) is 4.79. The van der Waals surface area contributed by atoms with E-state index >= 15 is 0 Å². The number of amides is 2. The molecule has 0 unspecified atom stereocenters. The van der Waals surface area contributed by atoms with Crippen molar-refractivity contribution in [1.29, 1.82) is 0 Å². The average molecular weight is 459 g/mol. The van der Waals surface area contributed by atoms with E-state index in [1.807, 2.05) is 36.4 Å². The molecule has 1 aliphatic carbocycles. The van der Waals surface area contributed by atoms with Gasteiger partial charge in [-0.25, -0.2) is 9.59 Å². The number of carbonyl (C=O) groups excluding carboxylic acids is 2. The molecule has 0 atom stereocenters. The molecule has 3 rings (SSSR count). The quantitative estimate of drug-likeness (QED) is 0.433. The molecule has 0 bridgehead atoms. The second-order valence-corrected chi connectivity index (χ2v) is 7.34. The maximum Gasteiger partial charge on any atom is 0.413 e. The van der Waals surface area contributed by atoms with Crippen LogP contribution in [-0.2, 0) is 15.9 Å². The summed E-state index contributed by atoms with van der Waals surface area (Å²) >= 11 is 10.3. The molecule has 4 N–H and O–H groups in total. The van der Waals surface area contributed by atoms with Crippen LogP contribution in [0.4, 0.5) is 21.0 Å². The van der Waals surface area contributed by atoms with Crippen molar-refractivity contribution in [3.05, 3.63) is 47.5 Å². The zero-order valence-electron chi connectivity index (χ0n) is 17.0. The molecule has 0 spiro atoms. The van der Waals surface area contributed by atoms with E-state index in [4.69, 9.17) is 33.9 Å². The van der Waals surface area contributed by atoms with E-state index in [1.165, 1.54) is 0 Å². The summed E-state index contributed by atoms with van der Waals surface area (Å²) in [6.07, 6.45) is -0.459. The van der Waals surface area contributed by atoms with Crippen molar-refractivity contribution in [2.45, 2.75) is 20.3 Å². The molecule has 10 heteroatoms. The van der Waals surface area contributed by atoms with Gasteiger partial charge < -0.3 is 20.1 Å². The van der Waals surface area contributed by atoms with Crippen molar-refractivity contribution in [2.75, 3.05) is 23.8 Å². The lowest BCUT2D eigenvalue weighted by molar-refractivity contribution is 0.157. The lowest BCUT2D eigenvalue weighted by atomic mass is 10.1. The van der Waals surface area contributed by atoms with Crippen molar-refractivity contribution in [2.24, 2.45) is 0 Å². The van der Waals surface area contributed by atoms with Crippen molar-refractivity contribution in [3.8, 4) is 11.1 Å². The Bertz CT molecular complexity index is 961. The molecule has 0 aromatic heterocycles. The minimum absolute atomic E-state index is 0.169. The Morgan fingerprint density at radius 2 is 1.23 bits per heavy atom. The van der Waals surface area contributed by atoms with E-state index in [0.717, 1.165) is 40.0 Å². The van der Waals surface area contributed by atoms with Gasteiger partial charge in [-0.1, -0.05) is 12.1 Å². The van der Waals surface area contributed by atoms with Gasteiger partial charge in [0.2, 0.25) is 0 Å². The van der Waals surface area contributed by atoms with Crippen LogP contribution in [0, 0.1) is 0 Å². The average Bonchev–Trinajstić information content (AvgIpc) is 3.04. The van der Waals surface area contributed by atoms with E-state index in [9.17, 15) is 9.59 Å². The summed E-state index contributed by atoms with van der Waals surface area (Å²) in [6, 6.07) is 11.8. The summed E-state index contributed by atoms with van der Waals surface area (Å²) in [6.45, 7) is 3.98. The van der Waals surface area contributed by atoms with Crippen molar-refractivity contribution >= 4 is 58.2 Å². The molecule has 1 aliphatic rings. The van der Waals surface area contributed by atoms with Crippen LogP contribution in [0.2, 0.25) is 0 Å². The predicted molar refractivity (Wildman–Crippen MR) is 127 cm³/mol. The molecule has 0 heterocycles. The van der Waals surface area contributed by atoms with E-state index < -0.39 is 12.2 Å². The first-order chi connectivity index (χ1) is 14.9. The van der Waals surface area contributed by atoms with Gasteiger partial charge in [0.25, 0.3) is 0 Å². The Balaban J connectivity index is 1.65. The van der Waals surface area contributed by atoms with Gasteiger partial charge in [-0.2, -0.15) is 0 Å². The van der Waals surface area contributed by atoms with Crippen LogP contribution in [0.5, 0.6) is 0 Å². The summed E-state index contributed by atoms with van der Waals surface area (Å²) in [7, 11) is 0. The Hall–Kier alpha value is -3.24. The van der Waals surface area contributed by atoms with E-state index in [-0.39, 0.29) is 23.4 Å². The lowest BCUT2D eigenvalue weighted by Crippen LogP contribution is -2.34. The number of fused-ring (bicyclic) bond motifs is 3. The zero-order chi connectivity index (χ0) is 22.4. The first-order valence-corrected chi connectivity index (χ1v) is 10.5. The summed E-state index contributed by atoms with van der Waals surface area (Å²) < 4.78 is 9.63. The third-order valence-electron chi connectivity index (χ3n) is 4.38. The Labute approximate surface area is 190 Å². The Morgan fingerprint density at radius 1 is 0.806 bits per heavy atom. The second-order valence-electron chi connectivity index (χ2n) is 6.52. The second kappa shape index (κ2) is 10.2. The summed E-state index contributed by atoms with van der Waals surface area (Å²) in [5.41, 5.74) is 6.05. The maximum atomic E-state index is 11.5. The SMILES string of the molecule is CCOC(=O)NC(=S)Nc1ccc2c(c1)Cc1cc(NC(=S)NC(=O)OCC)ccc1-2. The van der Waals surface area contributed by atoms with Crippen molar-refractivity contribution in [1.82, 2.24) is 10.6 Å². The number of carbonyl (C=O) groups is 2. The van der Waals surface area contributed by atoms with Crippen molar-refractivity contribution < 1.29 is 19.1 Å². The molecule has 162 valence electrons. The van der Waals surface area contributed by atoms with E-state index in [1.54, 1.807) is 13.8 Å². The van der Waals surface area contributed by atoms with Crippen molar-refractivity contribution in [3.63, 3.8) is 0 Å². The number of alkyl carbamates (subject to hydrolysis) is 2. The van der Waals surface area contributed by atoms with Crippen LogP contribution in [0.3, 0.4) is 0 Å². The minimum atomic E-state index is -0.594. The van der Waals surface area contributed by atoms with Crippen LogP contribution < -0.4 is 21.3 Å². The summed E-state index contributed by atoms with van der Waals surface area (Å²) in [5, 5.41) is 11.2. The summed E-state index contributed by atoms with van der Waals surface area (Å²) in [5.74, 6) is 0. The third kappa shape index (κ3) is 5.89. The molecular weight excluding hydrogens is 436 g/mol. The predicted octanol–water partition coefficient (Wildman–Crippen LogP) is 4.14. The smallest absolute Gasteiger partial charge is 0.413 e. The van der Waals surface area contributed by atoms with Gasteiger partial charge in [0.05, 0.1) is 13.2 Å². The highest BCUT2D eigenvalue weighted by Crippen LogP contribution is 2.39. The van der Waals surface area contributed by atoms with Crippen LogP contribution in [0.25, 0.3) is 11.1 Å². The van der Waals surface area contributed by atoms with Crippen LogP contribution in [-0.4, -0.2) is 35.6 Å². The first kappa shape index (κ1) is 22.4. The van der Waals surface area contributed by atoms with Crippen LogP contribution in [0.1, 0.15) is 25.0 Å². The van der Waals surface area contributed by atoms with Gasteiger partial charge in [0.15, 0.2) is 10.2 Å². The molecule has 2 amide bonds. The number of benzene rings is 2. The molecule has 2 aromatic rings. The monoisotopic (exact) mass is 458 g/mol. The number of rotatable bonds is 4. The number of hydrogen-bond acceptors (Lipinski definition) is 6. The number of anilines is 2. The fourth-order valence-corrected chi connectivity index (χ4v) is 3.61. The van der Waals surface area contributed by atoms with Gasteiger partial charge in [-0.05, 0) is 91.2 Å². The highest BCUT2D eigenvalue weighted by molar-refractivity contribution is 7.80. The van der Waals surface area contributed by atoms with Crippen LogP contribution >= 0.6 is 24.4 Å². The Morgan fingerprint density at radius 3 is 1.61 bits per heavy atom. The van der Waals surface area contributed by atoms with E-state index in [0.29, 0.717) is 0 Å². The number of ether oxygens (including phenoxy) is 2. The normalized spacial score (nSPS) is 10.9. The highest BCUT2D eigenvalue weighted by atomic mass is 32.1. The van der Waals surface area contributed by atoms with Gasteiger partial charge in [-0.15, -0.1) is 0 Å². The van der Waals surface area contributed by atoms with Gasteiger partial charge in [0, 0.05) is 11.4 Å². The minimum Gasteiger partial charge on any atom is -0.450 e. The fourth-order valence-electron chi connectivity index (χ4n) is 3.21. The maximum absolute atomic E-state index is 11.5. The van der Waals surface area contributed by atoms with Gasteiger partial charge in [-0.3, -0.25) is 10.6 Å². The van der Waals surface area contributed by atoms with E-state index in [2.05, 4.69) is 21.3 Å². The molecule has 0 saturated heterocycles.